The molecule has 2 atom stereocenters. The lowest BCUT2D eigenvalue weighted by Gasteiger charge is -2.11. The highest BCUT2D eigenvalue weighted by Crippen LogP contribution is 2.20. The number of methoxy groups -OCH3 is 1. The Bertz CT molecular complexity index is 475. The predicted octanol–water partition coefficient (Wildman–Crippen LogP) is 2.06. The first kappa shape index (κ1) is 18.3. The summed E-state index contributed by atoms with van der Waals surface area (Å²) in [5.41, 5.74) is 0.807. The molecule has 21 heavy (non-hydrogen) atoms. The van der Waals surface area contributed by atoms with Gasteiger partial charge < -0.3 is 10.1 Å². The van der Waals surface area contributed by atoms with Crippen molar-refractivity contribution in [2.45, 2.75) is 44.1 Å². The molecular weight excluding hydrogens is 308 g/mol. The van der Waals surface area contributed by atoms with Crippen molar-refractivity contribution in [1.82, 2.24) is 10.3 Å². The van der Waals surface area contributed by atoms with Gasteiger partial charge in [0.2, 0.25) is 5.91 Å². The molecule has 0 aromatic carbocycles. The fourth-order valence-electron chi connectivity index (χ4n) is 1.62. The Labute approximate surface area is 133 Å². The number of rotatable bonds is 9. The minimum atomic E-state index is -1.25. The summed E-state index contributed by atoms with van der Waals surface area (Å²) in [6.45, 7) is 7.00. The molecule has 0 spiro atoms. The third-order valence-electron chi connectivity index (χ3n) is 2.94. The van der Waals surface area contributed by atoms with E-state index in [2.05, 4.69) is 24.1 Å². The summed E-state index contributed by atoms with van der Waals surface area (Å²) in [4.78, 5) is 16.3. The minimum Gasteiger partial charge on any atom is -0.385 e. The van der Waals surface area contributed by atoms with Crippen molar-refractivity contribution in [2.24, 2.45) is 0 Å². The van der Waals surface area contributed by atoms with Crippen molar-refractivity contribution in [3.05, 3.63) is 16.1 Å². The number of ether oxygens (including phenoxy) is 1. The number of nitrogens with zero attached hydrogens (tertiary/aromatic N) is 1. The average Bonchev–Trinajstić information content (AvgIpc) is 2.91. The first-order valence-corrected chi connectivity index (χ1v) is 9.30. The molecule has 0 aliphatic heterocycles. The van der Waals surface area contributed by atoms with Crippen LogP contribution in [-0.4, -0.2) is 40.6 Å². The number of thiazole rings is 1. The maximum absolute atomic E-state index is 12.2. The van der Waals surface area contributed by atoms with Crippen LogP contribution in [0.1, 0.15) is 43.8 Å². The molecular formula is C14H24N2O3S2. The van der Waals surface area contributed by atoms with Gasteiger partial charge >= 0.3 is 0 Å². The van der Waals surface area contributed by atoms with Gasteiger partial charge in [0, 0.05) is 42.4 Å². The van der Waals surface area contributed by atoms with E-state index in [1.165, 1.54) is 0 Å². The molecule has 5 nitrogen and oxygen atoms in total. The van der Waals surface area contributed by atoms with Crippen LogP contribution in [0.2, 0.25) is 0 Å². The zero-order valence-corrected chi connectivity index (χ0v) is 14.7. The molecule has 0 aliphatic carbocycles. The van der Waals surface area contributed by atoms with Gasteiger partial charge in [-0.2, -0.15) is 0 Å². The van der Waals surface area contributed by atoms with Crippen LogP contribution in [-0.2, 0) is 26.1 Å². The minimum absolute atomic E-state index is 0.177. The lowest BCUT2D eigenvalue weighted by atomic mass is 10.2. The van der Waals surface area contributed by atoms with E-state index >= 15 is 0 Å². The molecule has 1 N–H and O–H groups in total. The van der Waals surface area contributed by atoms with E-state index in [0.29, 0.717) is 24.8 Å². The fourth-order valence-corrected chi connectivity index (χ4v) is 3.57. The number of hydrogen-bond donors (Lipinski definition) is 1. The molecule has 7 heteroatoms. The summed E-state index contributed by atoms with van der Waals surface area (Å²) < 4.78 is 17.1. The van der Waals surface area contributed by atoms with Gasteiger partial charge in [-0.1, -0.05) is 13.8 Å². The largest absolute Gasteiger partial charge is 0.385 e. The Morgan fingerprint density at radius 3 is 2.76 bits per heavy atom. The second kappa shape index (κ2) is 9.27. The molecule has 0 saturated heterocycles. The molecule has 0 fully saturated rings. The summed E-state index contributed by atoms with van der Waals surface area (Å²) in [6, 6.07) is 0. The van der Waals surface area contributed by atoms with Gasteiger partial charge in [-0.25, -0.2) is 4.98 Å². The summed E-state index contributed by atoms with van der Waals surface area (Å²) in [6.07, 6.45) is 0.755. The van der Waals surface area contributed by atoms with Crippen LogP contribution >= 0.6 is 11.3 Å². The molecule has 2 unspecified atom stereocenters. The molecule has 0 saturated carbocycles. The highest BCUT2D eigenvalue weighted by molar-refractivity contribution is 7.85. The number of carbonyl (C=O) groups excluding carboxylic acids is 1. The number of nitrogens with one attached hydrogen (secondary N) is 1. The van der Waals surface area contributed by atoms with E-state index in [1.807, 2.05) is 5.38 Å². The summed E-state index contributed by atoms with van der Waals surface area (Å²) in [5.74, 6) is 0.526. The molecule has 1 rings (SSSR count). The zero-order chi connectivity index (χ0) is 15.8. The van der Waals surface area contributed by atoms with Crippen LogP contribution in [0, 0.1) is 0 Å². The van der Waals surface area contributed by atoms with Gasteiger partial charge in [0.1, 0.15) is 5.25 Å². The Morgan fingerprint density at radius 1 is 1.48 bits per heavy atom. The van der Waals surface area contributed by atoms with Crippen LogP contribution in [0.5, 0.6) is 0 Å². The molecule has 1 heterocycles. The Hall–Kier alpha value is -0.790. The number of aromatic nitrogens is 1. The molecule has 1 aromatic rings. The summed E-state index contributed by atoms with van der Waals surface area (Å²) >= 11 is 1.58. The van der Waals surface area contributed by atoms with E-state index in [4.69, 9.17) is 4.74 Å². The topological polar surface area (TPSA) is 68.3 Å². The van der Waals surface area contributed by atoms with Crippen LogP contribution in [0.25, 0.3) is 0 Å². The number of amides is 1. The van der Waals surface area contributed by atoms with Gasteiger partial charge in [-0.3, -0.25) is 9.00 Å². The van der Waals surface area contributed by atoms with Crippen molar-refractivity contribution in [2.75, 3.05) is 20.3 Å². The van der Waals surface area contributed by atoms with Gasteiger partial charge in [0.15, 0.2) is 0 Å². The van der Waals surface area contributed by atoms with Gasteiger partial charge in [-0.05, 0) is 13.3 Å². The Balaban J connectivity index is 2.44. The molecule has 0 bridgehead atoms. The van der Waals surface area contributed by atoms with Crippen molar-refractivity contribution in [1.29, 1.82) is 0 Å². The van der Waals surface area contributed by atoms with E-state index in [1.54, 1.807) is 25.4 Å². The molecule has 120 valence electrons. The van der Waals surface area contributed by atoms with Crippen molar-refractivity contribution in [3.63, 3.8) is 0 Å². The smallest absolute Gasteiger partial charge is 0.235 e. The van der Waals surface area contributed by atoms with Crippen molar-refractivity contribution >= 4 is 28.0 Å². The van der Waals surface area contributed by atoms with E-state index in [9.17, 15) is 9.00 Å². The normalized spacial score (nSPS) is 14.1. The molecule has 1 amide bonds. The third kappa shape index (κ3) is 6.23. The fraction of sp³-hybridized carbons (Fsp3) is 0.714. The van der Waals surface area contributed by atoms with Crippen molar-refractivity contribution in [3.8, 4) is 0 Å². The van der Waals surface area contributed by atoms with Crippen LogP contribution in [0.3, 0.4) is 0 Å². The zero-order valence-electron chi connectivity index (χ0n) is 13.0. The van der Waals surface area contributed by atoms with Crippen LogP contribution in [0.4, 0.5) is 0 Å². The maximum Gasteiger partial charge on any atom is 0.235 e. The van der Waals surface area contributed by atoms with Crippen LogP contribution in [0.15, 0.2) is 5.38 Å². The Kier molecular flexibility index (Phi) is 8.06. The SMILES string of the molecule is COCCCNC(=O)C(C)S(=O)Cc1csc(C(C)C)n1. The Morgan fingerprint density at radius 2 is 2.19 bits per heavy atom. The second-order valence-corrected chi connectivity index (χ2v) is 7.78. The van der Waals surface area contributed by atoms with Gasteiger partial charge in [0.25, 0.3) is 0 Å². The monoisotopic (exact) mass is 332 g/mol. The van der Waals surface area contributed by atoms with E-state index in [0.717, 1.165) is 17.1 Å². The number of hydrogen-bond acceptors (Lipinski definition) is 5. The lowest BCUT2D eigenvalue weighted by Crippen LogP contribution is -2.36. The highest BCUT2D eigenvalue weighted by atomic mass is 32.2. The third-order valence-corrected chi connectivity index (χ3v) is 5.72. The van der Waals surface area contributed by atoms with Crippen molar-refractivity contribution < 1.29 is 13.7 Å². The van der Waals surface area contributed by atoms with Crippen LogP contribution < -0.4 is 5.32 Å². The van der Waals surface area contributed by atoms with Gasteiger partial charge in [-0.15, -0.1) is 11.3 Å². The quantitative estimate of drug-likeness (QED) is 0.703. The summed E-state index contributed by atoms with van der Waals surface area (Å²) in [5, 5.41) is 5.21. The summed E-state index contributed by atoms with van der Waals surface area (Å²) in [7, 11) is 0.372. The van der Waals surface area contributed by atoms with E-state index < -0.39 is 16.0 Å². The first-order valence-electron chi connectivity index (χ1n) is 7.03. The predicted molar refractivity (Wildman–Crippen MR) is 87.0 cm³/mol. The maximum atomic E-state index is 12.2. The lowest BCUT2D eigenvalue weighted by molar-refractivity contribution is -0.120. The first-order chi connectivity index (χ1) is 9.95. The second-order valence-electron chi connectivity index (χ2n) is 5.14. The highest BCUT2D eigenvalue weighted by Gasteiger charge is 2.20. The molecule has 0 aliphatic rings. The number of carbonyl (C=O) groups is 1. The molecule has 1 aromatic heterocycles. The average molecular weight is 332 g/mol. The molecule has 0 radical (unpaired) electrons. The van der Waals surface area contributed by atoms with Gasteiger partial charge in [0.05, 0.1) is 16.5 Å². The van der Waals surface area contributed by atoms with E-state index in [-0.39, 0.29) is 5.91 Å². The standard InChI is InChI=1S/C14H24N2O3S2/c1-10(2)14-16-12(8-20-14)9-21(18)11(3)13(17)15-6-5-7-19-4/h8,10-11H,5-7,9H2,1-4H3,(H,15,17).